The molecular weight excluding hydrogens is 302 g/mol. The number of carbonyl (C=O) groups excluding carboxylic acids is 1. The number of aliphatic carboxylic acids is 1. The molecule has 122 valence electrons. The normalized spacial score (nSPS) is 12.3. The van der Waals surface area contributed by atoms with Gasteiger partial charge in [0.05, 0.1) is 10.9 Å². The van der Waals surface area contributed by atoms with Gasteiger partial charge in [0, 0.05) is 0 Å². The molecule has 1 heterocycles. The van der Waals surface area contributed by atoms with Gasteiger partial charge >= 0.3 is 11.7 Å². The summed E-state index contributed by atoms with van der Waals surface area (Å²) >= 11 is 0. The first kappa shape index (κ1) is 16.5. The second-order valence-corrected chi connectivity index (χ2v) is 5.45. The monoisotopic (exact) mass is 319 g/mol. The predicted molar refractivity (Wildman–Crippen MR) is 83.3 cm³/mol. The molecule has 0 aliphatic heterocycles. The van der Waals surface area contributed by atoms with Crippen LogP contribution in [0.2, 0.25) is 0 Å². The number of nitrogens with zero attached hydrogens (tertiary/aromatic N) is 1. The Labute approximate surface area is 130 Å². The Hall–Kier alpha value is -2.90. The highest BCUT2D eigenvalue weighted by atomic mass is 16.4. The van der Waals surface area contributed by atoms with Crippen molar-refractivity contribution in [3.63, 3.8) is 0 Å². The van der Waals surface area contributed by atoms with Crippen LogP contribution >= 0.6 is 0 Å². The average Bonchev–Trinajstić information content (AvgIpc) is 2.48. The Kier molecular flexibility index (Phi) is 4.63. The molecule has 0 saturated heterocycles. The molecule has 1 amide bonds. The third-order valence-corrected chi connectivity index (χ3v) is 3.43. The fourth-order valence-corrected chi connectivity index (χ4v) is 2.41. The molecule has 0 fully saturated rings. The van der Waals surface area contributed by atoms with Gasteiger partial charge in [-0.15, -0.1) is 0 Å². The molecule has 1 atom stereocenters. The lowest BCUT2D eigenvalue weighted by molar-refractivity contribution is -0.138. The van der Waals surface area contributed by atoms with E-state index in [9.17, 15) is 19.2 Å². The summed E-state index contributed by atoms with van der Waals surface area (Å²) in [7, 11) is 0. The van der Waals surface area contributed by atoms with Crippen molar-refractivity contribution < 1.29 is 14.7 Å². The number of rotatable bonds is 5. The highest BCUT2D eigenvalue weighted by Crippen LogP contribution is 2.15. The minimum Gasteiger partial charge on any atom is -0.480 e. The number of aromatic nitrogens is 2. The standard InChI is InChI=1S/C15H17N3O5/c1-8(2)12(13(21)16-7-11(19)20)18-14(22)9-5-3-4-6-10(9)17-15(18)23/h3-6,8,12H,7H2,1-2H3,(H,16,21)(H,17,23)(H,19,20)/t12-/m0/s1. The summed E-state index contributed by atoms with van der Waals surface area (Å²) in [5.41, 5.74) is -0.918. The van der Waals surface area contributed by atoms with E-state index < -0.39 is 35.7 Å². The maximum Gasteiger partial charge on any atom is 0.329 e. The average molecular weight is 319 g/mol. The van der Waals surface area contributed by atoms with Crippen LogP contribution in [-0.2, 0) is 9.59 Å². The topological polar surface area (TPSA) is 121 Å². The zero-order chi connectivity index (χ0) is 17.1. The minimum atomic E-state index is -1.21. The lowest BCUT2D eigenvalue weighted by Crippen LogP contribution is -2.47. The molecule has 3 N–H and O–H groups in total. The summed E-state index contributed by atoms with van der Waals surface area (Å²) in [6.07, 6.45) is 0. The second-order valence-electron chi connectivity index (χ2n) is 5.45. The molecule has 8 nitrogen and oxygen atoms in total. The molecule has 2 rings (SSSR count). The highest BCUT2D eigenvalue weighted by molar-refractivity contribution is 5.85. The number of nitrogens with one attached hydrogen (secondary N) is 2. The lowest BCUT2D eigenvalue weighted by Gasteiger charge is -2.21. The van der Waals surface area contributed by atoms with Crippen LogP contribution in [0.1, 0.15) is 19.9 Å². The molecule has 0 unspecified atom stereocenters. The van der Waals surface area contributed by atoms with E-state index in [-0.39, 0.29) is 11.3 Å². The Balaban J connectivity index is 2.58. The number of fused-ring (bicyclic) bond motifs is 1. The first-order valence-electron chi connectivity index (χ1n) is 7.06. The fraction of sp³-hybridized carbons (Fsp3) is 0.333. The summed E-state index contributed by atoms with van der Waals surface area (Å²) in [5, 5.41) is 11.1. The lowest BCUT2D eigenvalue weighted by atomic mass is 10.0. The van der Waals surface area contributed by atoms with Crippen molar-refractivity contribution in [1.29, 1.82) is 0 Å². The van der Waals surface area contributed by atoms with Crippen molar-refractivity contribution in [2.24, 2.45) is 5.92 Å². The third kappa shape index (κ3) is 3.31. The molecule has 8 heteroatoms. The van der Waals surface area contributed by atoms with Crippen LogP contribution < -0.4 is 16.6 Å². The van der Waals surface area contributed by atoms with Gasteiger partial charge in [0.2, 0.25) is 5.91 Å². The SMILES string of the molecule is CC(C)[C@@H](C(=O)NCC(=O)O)n1c(=O)[nH]c2ccccc2c1=O. The van der Waals surface area contributed by atoms with Gasteiger partial charge in [-0.25, -0.2) is 9.36 Å². The first-order valence-corrected chi connectivity index (χ1v) is 7.06. The van der Waals surface area contributed by atoms with Gasteiger partial charge in [-0.1, -0.05) is 26.0 Å². The van der Waals surface area contributed by atoms with Gasteiger partial charge in [0.25, 0.3) is 5.56 Å². The van der Waals surface area contributed by atoms with Gasteiger partial charge in [-0.3, -0.25) is 14.4 Å². The van der Waals surface area contributed by atoms with E-state index in [0.29, 0.717) is 5.52 Å². The van der Waals surface area contributed by atoms with Crippen LogP contribution in [0.4, 0.5) is 0 Å². The van der Waals surface area contributed by atoms with E-state index in [0.717, 1.165) is 4.57 Å². The van der Waals surface area contributed by atoms with E-state index in [1.807, 2.05) is 0 Å². The van der Waals surface area contributed by atoms with E-state index in [1.54, 1.807) is 38.1 Å². The number of hydrogen-bond acceptors (Lipinski definition) is 4. The number of amides is 1. The molecule has 1 aromatic carbocycles. The van der Waals surface area contributed by atoms with E-state index in [1.165, 1.54) is 0 Å². The van der Waals surface area contributed by atoms with E-state index in [4.69, 9.17) is 5.11 Å². The molecular formula is C15H17N3O5. The van der Waals surface area contributed by atoms with Crippen molar-refractivity contribution in [3.05, 3.63) is 45.1 Å². The summed E-state index contributed by atoms with van der Waals surface area (Å²) in [6.45, 7) is 2.76. The van der Waals surface area contributed by atoms with Crippen LogP contribution in [0.15, 0.2) is 33.9 Å². The number of hydrogen-bond donors (Lipinski definition) is 3. The number of carboxylic acids is 1. The van der Waals surface area contributed by atoms with Crippen LogP contribution in [0, 0.1) is 5.92 Å². The van der Waals surface area contributed by atoms with Crippen molar-refractivity contribution in [1.82, 2.24) is 14.9 Å². The van der Waals surface area contributed by atoms with Gasteiger partial charge < -0.3 is 15.4 Å². The van der Waals surface area contributed by atoms with Gasteiger partial charge in [0.15, 0.2) is 0 Å². The minimum absolute atomic E-state index is 0.281. The largest absolute Gasteiger partial charge is 0.480 e. The van der Waals surface area contributed by atoms with Crippen molar-refractivity contribution in [2.75, 3.05) is 6.54 Å². The Morgan fingerprint density at radius 2 is 1.91 bits per heavy atom. The summed E-state index contributed by atoms with van der Waals surface area (Å²) in [5.74, 6) is -2.28. The van der Waals surface area contributed by atoms with Crippen molar-refractivity contribution in [2.45, 2.75) is 19.9 Å². The molecule has 0 spiro atoms. The number of carboxylic acid groups (broad SMARTS) is 1. The Morgan fingerprint density at radius 1 is 1.26 bits per heavy atom. The number of aromatic amines is 1. The summed E-state index contributed by atoms with van der Waals surface area (Å²) < 4.78 is 0.837. The van der Waals surface area contributed by atoms with Gasteiger partial charge in [0.1, 0.15) is 12.6 Å². The molecule has 0 bridgehead atoms. The van der Waals surface area contributed by atoms with Gasteiger partial charge in [-0.2, -0.15) is 0 Å². The quantitative estimate of drug-likeness (QED) is 0.721. The van der Waals surface area contributed by atoms with Crippen LogP contribution in [-0.4, -0.2) is 33.1 Å². The van der Waals surface area contributed by atoms with E-state index >= 15 is 0 Å². The number of benzene rings is 1. The molecule has 23 heavy (non-hydrogen) atoms. The Morgan fingerprint density at radius 3 is 2.52 bits per heavy atom. The molecule has 0 radical (unpaired) electrons. The third-order valence-electron chi connectivity index (χ3n) is 3.43. The number of carbonyl (C=O) groups is 2. The van der Waals surface area contributed by atoms with Gasteiger partial charge in [-0.05, 0) is 18.1 Å². The van der Waals surface area contributed by atoms with Crippen molar-refractivity contribution >= 4 is 22.8 Å². The van der Waals surface area contributed by atoms with Crippen LogP contribution in [0.5, 0.6) is 0 Å². The van der Waals surface area contributed by atoms with E-state index in [2.05, 4.69) is 10.3 Å². The smallest absolute Gasteiger partial charge is 0.329 e. The number of H-pyrrole nitrogens is 1. The maximum atomic E-state index is 12.6. The van der Waals surface area contributed by atoms with Crippen LogP contribution in [0.3, 0.4) is 0 Å². The maximum absolute atomic E-state index is 12.6. The van der Waals surface area contributed by atoms with Crippen molar-refractivity contribution in [3.8, 4) is 0 Å². The molecule has 1 aromatic heterocycles. The molecule has 2 aromatic rings. The molecule has 0 saturated carbocycles. The zero-order valence-corrected chi connectivity index (χ0v) is 12.7. The molecule has 0 aliphatic carbocycles. The van der Waals surface area contributed by atoms with Crippen LogP contribution in [0.25, 0.3) is 10.9 Å². The highest BCUT2D eigenvalue weighted by Gasteiger charge is 2.28. The second kappa shape index (κ2) is 6.47. The number of para-hydroxylation sites is 1. The summed E-state index contributed by atoms with van der Waals surface area (Å²) in [6, 6.07) is 5.38. The molecule has 0 aliphatic rings. The first-order chi connectivity index (χ1) is 10.8. The fourth-order valence-electron chi connectivity index (χ4n) is 2.41. The Bertz CT molecular complexity index is 865. The predicted octanol–water partition coefficient (Wildman–Crippen LogP) is 0.0877. The summed E-state index contributed by atoms with van der Waals surface area (Å²) in [4.78, 5) is 50.2. The zero-order valence-electron chi connectivity index (χ0n) is 12.7.